The molecule has 2 N–H and O–H groups in total. The van der Waals surface area contributed by atoms with Gasteiger partial charge in [-0.2, -0.15) is 0 Å². The first-order valence-corrected chi connectivity index (χ1v) is 2.94. The molecule has 0 atom stereocenters. The molecule has 50 valence electrons. The molecule has 0 aromatic heterocycles. The molecule has 0 fully saturated rings. The molecule has 0 aromatic carbocycles. The third-order valence-electron chi connectivity index (χ3n) is 1.41. The van der Waals surface area contributed by atoms with Crippen molar-refractivity contribution in [2.24, 2.45) is 11.8 Å². The van der Waals surface area contributed by atoms with Gasteiger partial charge in [0.2, 0.25) is 0 Å². The van der Waals surface area contributed by atoms with Gasteiger partial charge in [0.1, 0.15) is 0 Å². The smallest absolute Gasteiger partial charge is 0.0483 e. The lowest BCUT2D eigenvalue weighted by Gasteiger charge is -2.13. The van der Waals surface area contributed by atoms with Gasteiger partial charge in [0.15, 0.2) is 0 Å². The summed E-state index contributed by atoms with van der Waals surface area (Å²) < 4.78 is 0. The Hall–Kier alpha value is -0.0800. The average molecular weight is 118 g/mol. The quantitative estimate of drug-likeness (QED) is 0.557. The van der Waals surface area contributed by atoms with E-state index in [1.807, 2.05) is 13.8 Å². The predicted octanol–water partition coefficient (Wildman–Crippen LogP) is 0.243. The second-order valence-electron chi connectivity index (χ2n) is 2.37. The molecule has 2 nitrogen and oxygen atoms in total. The Bertz CT molecular complexity index is 48.5. The van der Waals surface area contributed by atoms with Gasteiger partial charge in [-0.05, 0) is 5.92 Å². The molecule has 8 heavy (non-hydrogen) atoms. The maximum Gasteiger partial charge on any atom is 0.0483 e. The minimum Gasteiger partial charge on any atom is -0.396 e. The SMILES string of the molecule is CC(C)C(CO)CO. The molecule has 0 radical (unpaired) electrons. The number of rotatable bonds is 3. The van der Waals surface area contributed by atoms with Crippen molar-refractivity contribution in [1.82, 2.24) is 0 Å². The minimum absolute atomic E-state index is 0.0648. The largest absolute Gasteiger partial charge is 0.396 e. The van der Waals surface area contributed by atoms with Gasteiger partial charge in [0.25, 0.3) is 0 Å². The van der Waals surface area contributed by atoms with E-state index in [-0.39, 0.29) is 19.1 Å². The van der Waals surface area contributed by atoms with Crippen molar-refractivity contribution >= 4 is 0 Å². The summed E-state index contributed by atoms with van der Waals surface area (Å²) in [5, 5.41) is 17.1. The third-order valence-corrected chi connectivity index (χ3v) is 1.41. The zero-order valence-electron chi connectivity index (χ0n) is 5.46. The zero-order chi connectivity index (χ0) is 6.57. The lowest BCUT2D eigenvalue weighted by Crippen LogP contribution is -2.17. The maximum absolute atomic E-state index is 8.54. The Morgan fingerprint density at radius 2 is 1.50 bits per heavy atom. The van der Waals surface area contributed by atoms with E-state index >= 15 is 0 Å². The van der Waals surface area contributed by atoms with Crippen LogP contribution in [-0.2, 0) is 0 Å². The van der Waals surface area contributed by atoms with E-state index in [1.54, 1.807) is 0 Å². The highest BCUT2D eigenvalue weighted by Gasteiger charge is 2.08. The Balaban J connectivity index is 3.35. The minimum atomic E-state index is 0.0648. The van der Waals surface area contributed by atoms with Crippen LogP contribution in [0.2, 0.25) is 0 Å². The van der Waals surface area contributed by atoms with Crippen molar-refractivity contribution in [3.8, 4) is 0 Å². The van der Waals surface area contributed by atoms with Crippen LogP contribution < -0.4 is 0 Å². The molecule has 0 amide bonds. The number of aliphatic hydroxyl groups is 2. The molecule has 0 aliphatic rings. The molecule has 0 aromatic rings. The molecule has 0 heterocycles. The van der Waals surface area contributed by atoms with Gasteiger partial charge in [-0.1, -0.05) is 13.8 Å². The first kappa shape index (κ1) is 7.92. The van der Waals surface area contributed by atoms with Gasteiger partial charge in [0, 0.05) is 19.1 Å². The molecule has 0 saturated carbocycles. The lowest BCUT2D eigenvalue weighted by molar-refractivity contribution is 0.118. The summed E-state index contributed by atoms with van der Waals surface area (Å²) in [6, 6.07) is 0. The van der Waals surface area contributed by atoms with E-state index in [4.69, 9.17) is 10.2 Å². The molecular weight excluding hydrogens is 104 g/mol. The number of hydrogen-bond acceptors (Lipinski definition) is 2. The van der Waals surface area contributed by atoms with Crippen LogP contribution in [0.1, 0.15) is 13.8 Å². The Kier molecular flexibility index (Phi) is 3.83. The molecule has 0 bridgehead atoms. The molecule has 0 aliphatic carbocycles. The van der Waals surface area contributed by atoms with Crippen molar-refractivity contribution < 1.29 is 10.2 Å². The summed E-state index contributed by atoms with van der Waals surface area (Å²) in [6.07, 6.45) is 0. The van der Waals surface area contributed by atoms with E-state index in [0.29, 0.717) is 5.92 Å². The average Bonchev–Trinajstić information content (AvgIpc) is 1.69. The molecule has 0 saturated heterocycles. The lowest BCUT2D eigenvalue weighted by atomic mass is 9.98. The second kappa shape index (κ2) is 3.87. The fourth-order valence-electron chi connectivity index (χ4n) is 0.479. The van der Waals surface area contributed by atoms with Crippen LogP contribution in [0.15, 0.2) is 0 Å². The summed E-state index contributed by atoms with van der Waals surface area (Å²) in [6.45, 7) is 4.15. The van der Waals surface area contributed by atoms with E-state index in [2.05, 4.69) is 0 Å². The van der Waals surface area contributed by atoms with Crippen LogP contribution in [0.25, 0.3) is 0 Å². The fourth-order valence-corrected chi connectivity index (χ4v) is 0.479. The van der Waals surface area contributed by atoms with Crippen LogP contribution in [0.4, 0.5) is 0 Å². The first-order valence-electron chi connectivity index (χ1n) is 2.94. The van der Waals surface area contributed by atoms with Crippen LogP contribution in [0.3, 0.4) is 0 Å². The van der Waals surface area contributed by atoms with Crippen molar-refractivity contribution in [2.75, 3.05) is 13.2 Å². The molecule has 0 rings (SSSR count). The highest BCUT2D eigenvalue weighted by molar-refractivity contribution is 4.58. The Morgan fingerprint density at radius 1 is 1.12 bits per heavy atom. The maximum atomic E-state index is 8.54. The van der Waals surface area contributed by atoms with Crippen molar-refractivity contribution in [1.29, 1.82) is 0 Å². The summed E-state index contributed by atoms with van der Waals surface area (Å²) in [5.74, 6) is 0.444. The van der Waals surface area contributed by atoms with Crippen LogP contribution >= 0.6 is 0 Å². The van der Waals surface area contributed by atoms with Crippen molar-refractivity contribution in [3.05, 3.63) is 0 Å². The highest BCUT2D eigenvalue weighted by Crippen LogP contribution is 2.07. The van der Waals surface area contributed by atoms with E-state index < -0.39 is 0 Å². The Morgan fingerprint density at radius 3 is 1.50 bits per heavy atom. The molecule has 0 spiro atoms. The number of hydrogen-bond donors (Lipinski definition) is 2. The standard InChI is InChI=1S/C6H14O2/c1-5(2)6(3-7)4-8/h5-8H,3-4H2,1-2H3. The summed E-state index contributed by atoms with van der Waals surface area (Å²) in [5.41, 5.74) is 0. The normalized spacial score (nSPS) is 11.2. The van der Waals surface area contributed by atoms with E-state index in [9.17, 15) is 0 Å². The molecule has 0 aliphatic heterocycles. The first-order chi connectivity index (χ1) is 3.72. The predicted molar refractivity (Wildman–Crippen MR) is 32.5 cm³/mol. The Labute approximate surface area is 50.2 Å². The third kappa shape index (κ3) is 2.28. The van der Waals surface area contributed by atoms with Gasteiger partial charge < -0.3 is 10.2 Å². The molecule has 2 heteroatoms. The van der Waals surface area contributed by atoms with Gasteiger partial charge in [-0.15, -0.1) is 0 Å². The molecular formula is C6H14O2. The molecule has 0 unspecified atom stereocenters. The van der Waals surface area contributed by atoms with Gasteiger partial charge >= 0.3 is 0 Å². The van der Waals surface area contributed by atoms with Crippen LogP contribution in [-0.4, -0.2) is 23.4 Å². The fraction of sp³-hybridized carbons (Fsp3) is 1.00. The van der Waals surface area contributed by atoms with Crippen molar-refractivity contribution in [2.45, 2.75) is 13.8 Å². The van der Waals surface area contributed by atoms with E-state index in [0.717, 1.165) is 0 Å². The van der Waals surface area contributed by atoms with Crippen molar-refractivity contribution in [3.63, 3.8) is 0 Å². The summed E-state index contributed by atoms with van der Waals surface area (Å²) in [7, 11) is 0. The summed E-state index contributed by atoms with van der Waals surface area (Å²) in [4.78, 5) is 0. The monoisotopic (exact) mass is 118 g/mol. The van der Waals surface area contributed by atoms with Crippen LogP contribution in [0.5, 0.6) is 0 Å². The van der Waals surface area contributed by atoms with Gasteiger partial charge in [-0.3, -0.25) is 0 Å². The number of aliphatic hydroxyl groups excluding tert-OH is 2. The van der Waals surface area contributed by atoms with E-state index in [1.165, 1.54) is 0 Å². The second-order valence-corrected chi connectivity index (χ2v) is 2.37. The van der Waals surface area contributed by atoms with Gasteiger partial charge in [0.05, 0.1) is 0 Å². The summed E-state index contributed by atoms with van der Waals surface area (Å²) >= 11 is 0. The topological polar surface area (TPSA) is 40.5 Å². The van der Waals surface area contributed by atoms with Crippen LogP contribution in [0, 0.1) is 11.8 Å². The zero-order valence-corrected chi connectivity index (χ0v) is 5.46. The van der Waals surface area contributed by atoms with Gasteiger partial charge in [-0.25, -0.2) is 0 Å². The highest BCUT2D eigenvalue weighted by atomic mass is 16.3.